The largest absolute Gasteiger partial charge is 0.486 e. The smallest absolute Gasteiger partial charge is 0.253 e. The van der Waals surface area contributed by atoms with Crippen LogP contribution in [0.3, 0.4) is 0 Å². The molecule has 0 bridgehead atoms. The molecule has 1 amide bonds. The van der Waals surface area contributed by atoms with Crippen molar-refractivity contribution >= 4 is 40.7 Å². The predicted molar refractivity (Wildman–Crippen MR) is 135 cm³/mol. The van der Waals surface area contributed by atoms with Crippen LogP contribution < -0.4 is 4.74 Å². The number of halogens is 3. The van der Waals surface area contributed by atoms with Crippen LogP contribution in [-0.4, -0.2) is 41.9 Å². The van der Waals surface area contributed by atoms with Gasteiger partial charge in [0.15, 0.2) is 5.75 Å². The van der Waals surface area contributed by atoms with Crippen molar-refractivity contribution in [3.8, 4) is 5.75 Å². The van der Waals surface area contributed by atoms with Gasteiger partial charge in [0.05, 0.1) is 10.0 Å². The third kappa shape index (κ3) is 6.21. The Morgan fingerprint density at radius 1 is 0.879 bits per heavy atom. The van der Waals surface area contributed by atoms with Crippen molar-refractivity contribution in [1.29, 1.82) is 0 Å². The fourth-order valence-electron chi connectivity index (χ4n) is 3.98. The van der Waals surface area contributed by atoms with E-state index in [2.05, 4.69) is 36.1 Å². The summed E-state index contributed by atoms with van der Waals surface area (Å²) in [6.07, 6.45) is 0. The lowest BCUT2D eigenvalue weighted by Gasteiger charge is -2.35. The molecule has 1 saturated heterocycles. The molecule has 0 atom stereocenters. The number of rotatable bonds is 6. The molecule has 0 saturated carbocycles. The fraction of sp³-hybridized carbons (Fsp3) is 0.269. The highest BCUT2D eigenvalue weighted by Crippen LogP contribution is 2.36. The molecular formula is C26H25Cl3N2O2. The average molecular weight is 504 g/mol. The second-order valence-corrected chi connectivity index (χ2v) is 9.50. The third-order valence-electron chi connectivity index (χ3n) is 5.67. The number of piperazine rings is 1. The molecule has 1 heterocycles. The van der Waals surface area contributed by atoms with Crippen molar-refractivity contribution in [2.24, 2.45) is 0 Å². The first-order valence-corrected chi connectivity index (χ1v) is 12.0. The molecule has 4 rings (SSSR count). The number of hydrogen-bond acceptors (Lipinski definition) is 3. The quantitative estimate of drug-likeness (QED) is 0.385. The monoisotopic (exact) mass is 502 g/mol. The van der Waals surface area contributed by atoms with Crippen LogP contribution in [0, 0.1) is 6.92 Å². The Bertz CT molecular complexity index is 1120. The van der Waals surface area contributed by atoms with E-state index in [1.54, 1.807) is 12.1 Å². The van der Waals surface area contributed by atoms with Gasteiger partial charge in [-0.25, -0.2) is 0 Å². The highest BCUT2D eigenvalue weighted by molar-refractivity contribution is 6.40. The Kier molecular flexibility index (Phi) is 7.82. The van der Waals surface area contributed by atoms with E-state index in [0.717, 1.165) is 25.2 Å². The molecule has 1 aliphatic heterocycles. The lowest BCUT2D eigenvalue weighted by molar-refractivity contribution is 0.0628. The fourth-order valence-corrected chi connectivity index (χ4v) is 4.90. The molecule has 172 valence electrons. The average Bonchev–Trinajstić information content (AvgIpc) is 2.79. The molecule has 0 spiro atoms. The van der Waals surface area contributed by atoms with Crippen molar-refractivity contribution in [2.75, 3.05) is 26.2 Å². The van der Waals surface area contributed by atoms with E-state index in [-0.39, 0.29) is 12.5 Å². The van der Waals surface area contributed by atoms with Gasteiger partial charge in [0, 0.05) is 43.3 Å². The van der Waals surface area contributed by atoms with E-state index in [0.29, 0.717) is 39.5 Å². The second-order valence-electron chi connectivity index (χ2n) is 8.25. The van der Waals surface area contributed by atoms with Crippen LogP contribution in [0.25, 0.3) is 0 Å². The number of nitrogens with zero attached hydrogens (tertiary/aromatic N) is 2. The summed E-state index contributed by atoms with van der Waals surface area (Å²) in [5, 5.41) is 1.15. The number of amides is 1. The van der Waals surface area contributed by atoms with Crippen LogP contribution in [0.15, 0.2) is 60.7 Å². The van der Waals surface area contributed by atoms with Crippen molar-refractivity contribution in [3.05, 3.63) is 98.0 Å². The molecule has 3 aromatic rings. The van der Waals surface area contributed by atoms with Gasteiger partial charge >= 0.3 is 0 Å². The Morgan fingerprint density at radius 3 is 2.24 bits per heavy atom. The Hall–Kier alpha value is -2.24. The Labute approximate surface area is 209 Å². The summed E-state index contributed by atoms with van der Waals surface area (Å²) in [5.74, 6) is 0.416. The summed E-state index contributed by atoms with van der Waals surface area (Å²) >= 11 is 18.3. The van der Waals surface area contributed by atoms with Gasteiger partial charge in [-0.2, -0.15) is 0 Å². The van der Waals surface area contributed by atoms with Crippen LogP contribution in [0.5, 0.6) is 5.75 Å². The molecule has 3 aromatic carbocycles. The lowest BCUT2D eigenvalue weighted by Crippen LogP contribution is -2.48. The topological polar surface area (TPSA) is 32.8 Å². The summed E-state index contributed by atoms with van der Waals surface area (Å²) in [7, 11) is 0. The highest BCUT2D eigenvalue weighted by Gasteiger charge is 2.22. The minimum absolute atomic E-state index is 0.0367. The number of hydrogen-bond donors (Lipinski definition) is 0. The minimum atomic E-state index is 0.0367. The Morgan fingerprint density at radius 2 is 1.55 bits per heavy atom. The van der Waals surface area contributed by atoms with Gasteiger partial charge in [-0.15, -0.1) is 0 Å². The van der Waals surface area contributed by atoms with Crippen LogP contribution in [0.1, 0.15) is 27.0 Å². The molecule has 4 nitrogen and oxygen atoms in total. The zero-order valence-electron chi connectivity index (χ0n) is 18.4. The lowest BCUT2D eigenvalue weighted by atomic mass is 10.1. The predicted octanol–water partition coefficient (Wildman–Crippen LogP) is 6.49. The molecule has 0 radical (unpaired) electrons. The van der Waals surface area contributed by atoms with Crippen LogP contribution in [0.4, 0.5) is 0 Å². The second kappa shape index (κ2) is 10.8. The zero-order valence-corrected chi connectivity index (χ0v) is 20.6. The molecule has 7 heteroatoms. The normalized spacial score (nSPS) is 14.4. The molecule has 0 aliphatic carbocycles. The van der Waals surface area contributed by atoms with Crippen LogP contribution in [-0.2, 0) is 13.2 Å². The maximum absolute atomic E-state index is 13.1. The number of ether oxygens (including phenoxy) is 1. The molecule has 1 aliphatic rings. The molecule has 0 unspecified atom stereocenters. The van der Waals surface area contributed by atoms with Gasteiger partial charge in [0.25, 0.3) is 5.91 Å². The first-order valence-electron chi connectivity index (χ1n) is 10.8. The number of benzene rings is 3. The Balaban J connectivity index is 1.34. The summed E-state index contributed by atoms with van der Waals surface area (Å²) in [4.78, 5) is 17.4. The molecular weight excluding hydrogens is 479 g/mol. The van der Waals surface area contributed by atoms with Gasteiger partial charge in [-0.1, -0.05) is 76.8 Å². The number of aryl methyl sites for hydroxylation is 1. The first kappa shape index (κ1) is 23.9. The maximum atomic E-state index is 13.1. The van der Waals surface area contributed by atoms with Crippen molar-refractivity contribution < 1.29 is 9.53 Å². The summed E-state index contributed by atoms with van der Waals surface area (Å²) in [6, 6.07) is 19.2. The van der Waals surface area contributed by atoms with Gasteiger partial charge in [0.1, 0.15) is 6.61 Å². The molecule has 33 heavy (non-hydrogen) atoms. The van der Waals surface area contributed by atoms with Gasteiger partial charge < -0.3 is 9.64 Å². The van der Waals surface area contributed by atoms with Crippen molar-refractivity contribution in [1.82, 2.24) is 9.80 Å². The summed E-state index contributed by atoms with van der Waals surface area (Å²) in [6.45, 7) is 6.39. The van der Waals surface area contributed by atoms with Crippen molar-refractivity contribution in [3.63, 3.8) is 0 Å². The van der Waals surface area contributed by atoms with Crippen molar-refractivity contribution in [2.45, 2.75) is 20.1 Å². The number of carbonyl (C=O) groups is 1. The van der Waals surface area contributed by atoms with E-state index in [1.807, 2.05) is 29.2 Å². The molecule has 0 N–H and O–H groups in total. The maximum Gasteiger partial charge on any atom is 0.253 e. The number of carbonyl (C=O) groups excluding carboxylic acids is 1. The van der Waals surface area contributed by atoms with Crippen LogP contribution in [0.2, 0.25) is 15.1 Å². The van der Waals surface area contributed by atoms with E-state index in [4.69, 9.17) is 39.5 Å². The molecule has 0 aromatic heterocycles. The highest BCUT2D eigenvalue weighted by atomic mass is 35.5. The summed E-state index contributed by atoms with van der Waals surface area (Å²) < 4.78 is 5.81. The van der Waals surface area contributed by atoms with E-state index >= 15 is 0 Å². The standard InChI is InChI=1S/C26H25Cl3N2O2/c1-18-4-2-5-19(12-18)16-30-8-10-31(11-9-30)26(32)21-7-3-6-20(13-21)17-33-25-23(28)14-22(27)15-24(25)29/h2-7,12-15H,8-11,16-17H2,1H3. The van der Waals surface area contributed by atoms with Gasteiger partial charge in [-0.05, 0) is 42.3 Å². The van der Waals surface area contributed by atoms with E-state index in [1.165, 1.54) is 11.1 Å². The first-order chi connectivity index (χ1) is 15.9. The zero-order chi connectivity index (χ0) is 23.4. The third-order valence-corrected chi connectivity index (χ3v) is 6.45. The molecule has 1 fully saturated rings. The summed E-state index contributed by atoms with van der Waals surface area (Å²) in [5.41, 5.74) is 4.09. The van der Waals surface area contributed by atoms with Gasteiger partial charge in [0.2, 0.25) is 0 Å². The SMILES string of the molecule is Cc1cccc(CN2CCN(C(=O)c3cccc(COc4c(Cl)cc(Cl)cc4Cl)c3)CC2)c1. The minimum Gasteiger partial charge on any atom is -0.486 e. The van der Waals surface area contributed by atoms with Crippen LogP contribution >= 0.6 is 34.8 Å². The van der Waals surface area contributed by atoms with E-state index < -0.39 is 0 Å². The van der Waals surface area contributed by atoms with E-state index in [9.17, 15) is 4.79 Å². The van der Waals surface area contributed by atoms with Gasteiger partial charge in [-0.3, -0.25) is 9.69 Å².